The zero-order chi connectivity index (χ0) is 16.4. The van der Waals surface area contributed by atoms with Crippen molar-refractivity contribution >= 4 is 6.08 Å². The number of benzene rings is 1. The molecule has 7 nitrogen and oxygen atoms in total. The predicted molar refractivity (Wildman–Crippen MR) is 85.6 cm³/mol. The molecule has 0 radical (unpaired) electrons. The van der Waals surface area contributed by atoms with Crippen LogP contribution in [0.3, 0.4) is 0 Å². The molecule has 0 aliphatic carbocycles. The van der Waals surface area contributed by atoms with Crippen molar-refractivity contribution in [2.24, 2.45) is 5.41 Å². The van der Waals surface area contributed by atoms with Crippen molar-refractivity contribution < 1.29 is 4.42 Å². The summed E-state index contributed by atoms with van der Waals surface area (Å²) in [6.07, 6.45) is 3.46. The summed E-state index contributed by atoms with van der Waals surface area (Å²) in [4.78, 5) is 0. The molecule has 7 heteroatoms. The lowest BCUT2D eigenvalue weighted by atomic mass is 9.87. The molecule has 0 amide bonds. The molecule has 0 N–H and O–H groups in total. The Kier molecular flexibility index (Phi) is 3.77. The summed E-state index contributed by atoms with van der Waals surface area (Å²) in [5.74, 6) is 0.998. The van der Waals surface area contributed by atoms with Gasteiger partial charge in [0.15, 0.2) is 0 Å². The molecular formula is C16H18N6O. The smallest absolute Gasteiger partial charge is 0.248 e. The van der Waals surface area contributed by atoms with Crippen LogP contribution in [0.2, 0.25) is 0 Å². The molecule has 1 aromatic carbocycles. The molecule has 0 saturated heterocycles. The van der Waals surface area contributed by atoms with Crippen LogP contribution in [-0.4, -0.2) is 30.4 Å². The normalized spacial score (nSPS) is 12.6. The summed E-state index contributed by atoms with van der Waals surface area (Å²) in [5, 5.41) is 19.3. The van der Waals surface area contributed by atoms with Gasteiger partial charge in [-0.3, -0.25) is 0 Å². The molecule has 3 aromatic rings. The van der Waals surface area contributed by atoms with E-state index in [1.54, 1.807) is 11.0 Å². The Balaban J connectivity index is 1.83. The number of rotatable bonds is 3. The molecule has 0 aliphatic rings. The van der Waals surface area contributed by atoms with Crippen molar-refractivity contribution in [3.8, 4) is 17.1 Å². The van der Waals surface area contributed by atoms with Crippen molar-refractivity contribution in [3.05, 3.63) is 42.1 Å². The lowest BCUT2D eigenvalue weighted by molar-refractivity contribution is 0.502. The van der Waals surface area contributed by atoms with E-state index in [9.17, 15) is 0 Å². The third-order valence-electron chi connectivity index (χ3n) is 3.69. The summed E-state index contributed by atoms with van der Waals surface area (Å²) < 4.78 is 7.30. The molecule has 0 fully saturated rings. The van der Waals surface area contributed by atoms with Crippen LogP contribution in [0.5, 0.6) is 0 Å². The van der Waals surface area contributed by atoms with Gasteiger partial charge in [0.1, 0.15) is 6.33 Å². The van der Waals surface area contributed by atoms with Gasteiger partial charge in [0.25, 0.3) is 0 Å². The van der Waals surface area contributed by atoms with Crippen LogP contribution in [0, 0.1) is 5.41 Å². The van der Waals surface area contributed by atoms with Crippen molar-refractivity contribution in [2.45, 2.75) is 27.7 Å². The fourth-order valence-corrected chi connectivity index (χ4v) is 1.85. The van der Waals surface area contributed by atoms with Crippen molar-refractivity contribution in [1.82, 2.24) is 30.4 Å². The zero-order valence-corrected chi connectivity index (χ0v) is 13.6. The second-order valence-electron chi connectivity index (χ2n) is 6.32. The Bertz CT molecular complexity index is 809. The molecule has 23 heavy (non-hydrogen) atoms. The van der Waals surface area contributed by atoms with Crippen LogP contribution in [0.15, 0.2) is 40.6 Å². The number of tetrazole rings is 1. The van der Waals surface area contributed by atoms with Crippen LogP contribution < -0.4 is 0 Å². The van der Waals surface area contributed by atoms with Crippen LogP contribution in [0.1, 0.15) is 33.6 Å². The fraction of sp³-hybridized carbons (Fsp3) is 0.312. The molecule has 2 heterocycles. The van der Waals surface area contributed by atoms with Gasteiger partial charge in [-0.25, -0.2) is 4.68 Å². The summed E-state index contributed by atoms with van der Waals surface area (Å²) >= 11 is 0. The highest BCUT2D eigenvalue weighted by Crippen LogP contribution is 2.27. The number of hydrogen-bond acceptors (Lipinski definition) is 6. The number of aromatic nitrogens is 6. The first-order chi connectivity index (χ1) is 10.9. The highest BCUT2D eigenvalue weighted by Gasteiger charge is 2.14. The monoisotopic (exact) mass is 310 g/mol. The molecule has 2 aromatic heterocycles. The summed E-state index contributed by atoms with van der Waals surface area (Å²) in [6, 6.07) is 7.58. The van der Waals surface area contributed by atoms with Gasteiger partial charge < -0.3 is 4.42 Å². The SMILES string of the molecule is CC(=Cc1nnc(-c2ccc(-n3cnnn3)cc2)o1)C(C)(C)C. The highest BCUT2D eigenvalue weighted by molar-refractivity contribution is 5.56. The molecule has 0 spiro atoms. The average Bonchev–Trinajstić information content (AvgIpc) is 3.18. The van der Waals surface area contributed by atoms with Gasteiger partial charge in [-0.05, 0) is 47.0 Å². The van der Waals surface area contributed by atoms with Gasteiger partial charge in [0.2, 0.25) is 11.8 Å². The molecule has 0 bridgehead atoms. The zero-order valence-electron chi connectivity index (χ0n) is 13.6. The van der Waals surface area contributed by atoms with Gasteiger partial charge in [-0.2, -0.15) is 0 Å². The Morgan fingerprint density at radius 1 is 1.13 bits per heavy atom. The molecule has 118 valence electrons. The maximum absolute atomic E-state index is 5.72. The third-order valence-corrected chi connectivity index (χ3v) is 3.69. The Labute approximate surface area is 134 Å². The van der Waals surface area contributed by atoms with Crippen LogP contribution in [0.4, 0.5) is 0 Å². The minimum Gasteiger partial charge on any atom is -0.417 e. The second-order valence-corrected chi connectivity index (χ2v) is 6.32. The van der Waals surface area contributed by atoms with E-state index in [1.165, 1.54) is 5.57 Å². The van der Waals surface area contributed by atoms with Crippen LogP contribution >= 0.6 is 0 Å². The molecular weight excluding hydrogens is 292 g/mol. The standard InChI is InChI=1S/C16H18N6O/c1-11(16(2,3)4)9-14-18-19-15(23-14)12-5-7-13(8-6-12)22-10-17-20-21-22/h5-10H,1-4H3. The minimum absolute atomic E-state index is 0.0715. The quantitative estimate of drug-likeness (QED) is 0.739. The van der Waals surface area contributed by atoms with E-state index in [1.807, 2.05) is 30.3 Å². The average molecular weight is 310 g/mol. The van der Waals surface area contributed by atoms with E-state index >= 15 is 0 Å². The van der Waals surface area contributed by atoms with E-state index in [2.05, 4.69) is 53.4 Å². The summed E-state index contributed by atoms with van der Waals surface area (Å²) in [5.41, 5.74) is 2.97. The summed E-state index contributed by atoms with van der Waals surface area (Å²) in [6.45, 7) is 8.50. The first-order valence-corrected chi connectivity index (χ1v) is 7.29. The topological polar surface area (TPSA) is 82.5 Å². The van der Waals surface area contributed by atoms with Crippen molar-refractivity contribution in [2.75, 3.05) is 0 Å². The van der Waals surface area contributed by atoms with Gasteiger partial charge >= 0.3 is 0 Å². The first kappa shape index (κ1) is 15.1. The van der Waals surface area contributed by atoms with E-state index in [0.717, 1.165) is 11.3 Å². The van der Waals surface area contributed by atoms with Gasteiger partial charge in [0, 0.05) is 11.6 Å². The largest absolute Gasteiger partial charge is 0.417 e. The van der Waals surface area contributed by atoms with E-state index in [4.69, 9.17) is 4.42 Å². The number of allylic oxidation sites excluding steroid dienone is 1. The lowest BCUT2D eigenvalue weighted by Gasteiger charge is -2.18. The predicted octanol–water partition coefficient (Wildman–Crippen LogP) is 3.16. The highest BCUT2D eigenvalue weighted by atomic mass is 16.4. The molecule has 0 atom stereocenters. The molecule has 0 unspecified atom stereocenters. The van der Waals surface area contributed by atoms with E-state index < -0.39 is 0 Å². The second kappa shape index (κ2) is 5.75. The number of nitrogens with zero attached hydrogens (tertiary/aromatic N) is 6. The minimum atomic E-state index is 0.0715. The van der Waals surface area contributed by atoms with Crippen LogP contribution in [0.25, 0.3) is 23.2 Å². The first-order valence-electron chi connectivity index (χ1n) is 7.29. The van der Waals surface area contributed by atoms with Crippen molar-refractivity contribution in [3.63, 3.8) is 0 Å². The van der Waals surface area contributed by atoms with Gasteiger partial charge in [-0.1, -0.05) is 26.3 Å². The molecule has 0 aliphatic heterocycles. The Morgan fingerprint density at radius 3 is 2.48 bits per heavy atom. The maximum atomic E-state index is 5.72. The fourth-order valence-electron chi connectivity index (χ4n) is 1.85. The van der Waals surface area contributed by atoms with Gasteiger partial charge in [-0.15, -0.1) is 15.3 Å². The lowest BCUT2D eigenvalue weighted by Crippen LogP contribution is -2.05. The Morgan fingerprint density at radius 2 is 1.87 bits per heavy atom. The number of hydrogen-bond donors (Lipinski definition) is 0. The summed E-state index contributed by atoms with van der Waals surface area (Å²) in [7, 11) is 0. The van der Waals surface area contributed by atoms with Crippen molar-refractivity contribution in [1.29, 1.82) is 0 Å². The molecule has 3 rings (SSSR count). The maximum Gasteiger partial charge on any atom is 0.248 e. The third kappa shape index (κ3) is 3.33. The van der Waals surface area contributed by atoms with Crippen LogP contribution in [-0.2, 0) is 0 Å². The molecule has 0 saturated carbocycles. The van der Waals surface area contributed by atoms with E-state index in [0.29, 0.717) is 11.8 Å². The van der Waals surface area contributed by atoms with Gasteiger partial charge in [0.05, 0.1) is 5.69 Å². The Hall–Kier alpha value is -2.83. The van der Waals surface area contributed by atoms with E-state index in [-0.39, 0.29) is 5.41 Å².